The molecule has 6 atom stereocenters. The van der Waals surface area contributed by atoms with Crippen molar-refractivity contribution in [3.63, 3.8) is 0 Å². The Labute approximate surface area is 336 Å². The summed E-state index contributed by atoms with van der Waals surface area (Å²) in [6.45, 7) is 19.0. The largest absolute Gasteiger partial charge is 0.497 e. The Kier molecular flexibility index (Phi) is 15.9. The summed E-state index contributed by atoms with van der Waals surface area (Å²) in [5, 5.41) is 2.19. The van der Waals surface area contributed by atoms with E-state index in [2.05, 4.69) is 114 Å². The van der Waals surface area contributed by atoms with Gasteiger partial charge in [-0.2, -0.15) is 0 Å². The summed E-state index contributed by atoms with van der Waals surface area (Å²) in [7, 11) is 0.491. The predicted octanol–water partition coefficient (Wildman–Crippen LogP) is 9.05. The van der Waals surface area contributed by atoms with E-state index in [9.17, 15) is 0 Å². The van der Waals surface area contributed by atoms with Crippen LogP contribution in [0.4, 0.5) is 0 Å². The number of hydrogen-bond acceptors (Lipinski definition) is 7. The van der Waals surface area contributed by atoms with Crippen molar-refractivity contribution < 1.29 is 32.8 Å². The van der Waals surface area contributed by atoms with E-state index in [0.29, 0.717) is 39.1 Å². The first-order valence-corrected chi connectivity index (χ1v) is 21.7. The Bertz CT molecular complexity index is 1710. The average molecular weight is 779 g/mol. The predicted molar refractivity (Wildman–Crippen MR) is 228 cm³/mol. The molecule has 1 aliphatic rings. The minimum absolute atomic E-state index is 0.0298. The second-order valence-electron chi connectivity index (χ2n) is 15.7. The van der Waals surface area contributed by atoms with Crippen LogP contribution in [0.15, 0.2) is 141 Å². The van der Waals surface area contributed by atoms with Crippen LogP contribution < -0.4 is 15.1 Å². The first-order chi connectivity index (χ1) is 27.1. The van der Waals surface area contributed by atoms with Gasteiger partial charge in [-0.1, -0.05) is 143 Å². The Morgan fingerprint density at radius 2 is 1.41 bits per heavy atom. The third-order valence-electron chi connectivity index (χ3n) is 10.9. The van der Waals surface area contributed by atoms with E-state index in [0.717, 1.165) is 16.9 Å². The number of ether oxygens (including phenoxy) is 6. The fourth-order valence-electron chi connectivity index (χ4n) is 7.66. The Balaban J connectivity index is 1.42. The lowest BCUT2D eigenvalue weighted by atomic mass is 9.94. The maximum atomic E-state index is 7.49. The molecule has 0 bridgehead atoms. The van der Waals surface area contributed by atoms with E-state index in [4.69, 9.17) is 32.8 Å². The monoisotopic (exact) mass is 778 g/mol. The quantitative estimate of drug-likeness (QED) is 0.0476. The molecule has 4 aromatic rings. The minimum atomic E-state index is -2.91. The van der Waals surface area contributed by atoms with E-state index >= 15 is 0 Å². The van der Waals surface area contributed by atoms with E-state index in [1.807, 2.05) is 48.5 Å². The normalized spacial score (nSPS) is 20.5. The molecule has 0 radical (unpaired) electrons. The molecule has 0 N–H and O–H groups in total. The molecule has 1 aliphatic heterocycles. The van der Waals surface area contributed by atoms with E-state index in [1.54, 1.807) is 20.3 Å². The molecular formula is C48H62O7Si. The number of methoxy groups -OCH3 is 2. The van der Waals surface area contributed by atoms with Crippen molar-refractivity contribution in [2.45, 2.75) is 95.4 Å². The van der Waals surface area contributed by atoms with Crippen molar-refractivity contribution in [1.29, 1.82) is 0 Å². The molecule has 8 heteroatoms. The molecule has 4 aromatic carbocycles. The lowest BCUT2D eigenvalue weighted by molar-refractivity contribution is -0.313. The van der Waals surface area contributed by atoms with Crippen LogP contribution in [0, 0.1) is 5.92 Å². The van der Waals surface area contributed by atoms with E-state index in [1.165, 1.54) is 10.4 Å². The van der Waals surface area contributed by atoms with Crippen LogP contribution in [0.1, 0.15) is 58.1 Å². The molecule has 0 amide bonds. The van der Waals surface area contributed by atoms with Gasteiger partial charge in [-0.05, 0) is 57.6 Å². The summed E-state index contributed by atoms with van der Waals surface area (Å²) in [6, 6.07) is 39.5. The zero-order valence-corrected chi connectivity index (χ0v) is 35.2. The van der Waals surface area contributed by atoms with E-state index in [-0.39, 0.29) is 29.8 Å². The van der Waals surface area contributed by atoms with Gasteiger partial charge in [0.1, 0.15) is 18.0 Å². The van der Waals surface area contributed by atoms with Gasteiger partial charge in [0, 0.05) is 26.1 Å². The standard InChI is InChI=1S/C48H62O7Si/c1-9-37(3)43(31-33-51-34-39-26-28-40(49-7)29-27-39)54-48(10-2)32-30-44(50-8)46(55-48)45(52-35-38-20-14-11-15-21-38)36-53-56(47(4,5)6,41-22-16-12-17-23-41)42-24-18-13-19-25-42/h9-29,37,43-46H,1-2,30-36H2,3-8H3/t37-,43+,44-,45+,46-,48+/m0/s1. The molecule has 0 spiro atoms. The van der Waals surface area contributed by atoms with E-state index < -0.39 is 26.3 Å². The second kappa shape index (κ2) is 20.5. The highest BCUT2D eigenvalue weighted by molar-refractivity contribution is 6.99. The summed E-state index contributed by atoms with van der Waals surface area (Å²) in [5.41, 5.74) is 2.14. The van der Waals surface area contributed by atoms with Gasteiger partial charge in [0.15, 0.2) is 5.79 Å². The molecule has 1 heterocycles. The fraction of sp³-hybridized carbons (Fsp3) is 0.417. The lowest BCUT2D eigenvalue weighted by Crippen LogP contribution is -2.67. The number of benzene rings is 4. The third-order valence-corrected chi connectivity index (χ3v) is 15.9. The molecule has 1 fully saturated rings. The zero-order chi connectivity index (χ0) is 40.0. The van der Waals surface area contributed by atoms with Crippen molar-refractivity contribution in [2.24, 2.45) is 5.92 Å². The van der Waals surface area contributed by atoms with Gasteiger partial charge in [0.25, 0.3) is 8.32 Å². The average Bonchev–Trinajstić information content (AvgIpc) is 3.23. The summed E-state index contributed by atoms with van der Waals surface area (Å²) in [4.78, 5) is 0. The van der Waals surface area contributed by atoms with Crippen LogP contribution in [0.2, 0.25) is 5.04 Å². The molecule has 56 heavy (non-hydrogen) atoms. The van der Waals surface area contributed by atoms with Gasteiger partial charge in [-0.15, -0.1) is 6.58 Å². The van der Waals surface area contributed by atoms with Crippen molar-refractivity contribution in [1.82, 2.24) is 0 Å². The van der Waals surface area contributed by atoms with Gasteiger partial charge >= 0.3 is 0 Å². The highest BCUT2D eigenvalue weighted by atomic mass is 28.4. The lowest BCUT2D eigenvalue weighted by Gasteiger charge is -2.48. The molecule has 0 aliphatic carbocycles. The summed E-state index contributed by atoms with van der Waals surface area (Å²) in [5.74, 6) is -0.244. The first kappa shape index (κ1) is 43.3. The van der Waals surface area contributed by atoms with Crippen molar-refractivity contribution >= 4 is 18.7 Å². The second-order valence-corrected chi connectivity index (χ2v) is 20.0. The Hall–Kier alpha value is -3.86. The number of hydrogen-bond donors (Lipinski definition) is 0. The highest BCUT2D eigenvalue weighted by Gasteiger charge is 2.52. The van der Waals surface area contributed by atoms with Crippen molar-refractivity contribution in [3.8, 4) is 5.75 Å². The summed E-state index contributed by atoms with van der Waals surface area (Å²) in [6.07, 6.45) is 4.08. The molecule has 0 saturated carbocycles. The van der Waals surface area contributed by atoms with Gasteiger partial charge in [-0.3, -0.25) is 0 Å². The fourth-order valence-corrected chi connectivity index (χ4v) is 12.2. The smallest absolute Gasteiger partial charge is 0.261 e. The van der Waals surface area contributed by atoms with Gasteiger partial charge < -0.3 is 32.8 Å². The van der Waals surface area contributed by atoms with Gasteiger partial charge in [0.2, 0.25) is 0 Å². The zero-order valence-electron chi connectivity index (χ0n) is 34.2. The molecule has 7 nitrogen and oxygen atoms in total. The molecule has 0 aromatic heterocycles. The molecule has 5 rings (SSSR count). The maximum absolute atomic E-state index is 7.49. The number of rotatable bonds is 21. The van der Waals surface area contributed by atoms with Crippen LogP contribution in [0.25, 0.3) is 0 Å². The minimum Gasteiger partial charge on any atom is -0.497 e. The first-order valence-electron chi connectivity index (χ1n) is 19.8. The van der Waals surface area contributed by atoms with Crippen LogP contribution in [-0.2, 0) is 41.3 Å². The van der Waals surface area contributed by atoms with Crippen LogP contribution in [-0.4, -0.2) is 66.0 Å². The molecule has 0 unspecified atom stereocenters. The summed E-state index contributed by atoms with van der Waals surface area (Å²) >= 11 is 0. The summed E-state index contributed by atoms with van der Waals surface area (Å²) < 4.78 is 46.1. The SMILES string of the molecule is C=C[C@H](C)[C@@H](CCOCc1ccc(OC)cc1)O[C@@]1(C=C)CC[C@H](OC)[C@@H]([C@@H](CO[Si](c2ccccc2)(c2ccccc2)C(C)(C)C)OCc2ccccc2)O1. The maximum Gasteiger partial charge on any atom is 0.261 e. The molecule has 1 saturated heterocycles. The molecular weight excluding hydrogens is 717 g/mol. The van der Waals surface area contributed by atoms with Crippen LogP contribution in [0.3, 0.4) is 0 Å². The highest BCUT2D eigenvalue weighted by Crippen LogP contribution is 2.40. The van der Waals surface area contributed by atoms with Crippen molar-refractivity contribution in [3.05, 3.63) is 152 Å². The van der Waals surface area contributed by atoms with Crippen LogP contribution in [0.5, 0.6) is 5.75 Å². The van der Waals surface area contributed by atoms with Crippen molar-refractivity contribution in [2.75, 3.05) is 27.4 Å². The topological polar surface area (TPSA) is 64.6 Å². The van der Waals surface area contributed by atoms with Gasteiger partial charge in [-0.25, -0.2) is 0 Å². The third kappa shape index (κ3) is 10.7. The Morgan fingerprint density at radius 1 is 0.821 bits per heavy atom. The Morgan fingerprint density at radius 3 is 1.95 bits per heavy atom. The van der Waals surface area contributed by atoms with Gasteiger partial charge in [0.05, 0.1) is 39.1 Å². The molecule has 300 valence electrons. The van der Waals surface area contributed by atoms with Crippen LogP contribution >= 0.6 is 0 Å².